The van der Waals surface area contributed by atoms with Crippen LogP contribution in [0.4, 0.5) is 0 Å². The monoisotopic (exact) mass is 223 g/mol. The minimum atomic E-state index is 0.217. The van der Waals surface area contributed by atoms with E-state index in [0.29, 0.717) is 5.92 Å². The first-order valence-electron chi connectivity index (χ1n) is 6.14. The van der Waals surface area contributed by atoms with E-state index in [-0.39, 0.29) is 6.10 Å². The second-order valence-corrected chi connectivity index (χ2v) is 4.78. The van der Waals surface area contributed by atoms with Crippen molar-refractivity contribution in [3.8, 4) is 5.75 Å². The molecule has 1 aromatic rings. The smallest absolute Gasteiger partial charge is 0.157 e. The lowest BCUT2D eigenvalue weighted by Gasteiger charge is -2.22. The van der Waals surface area contributed by atoms with E-state index < -0.39 is 0 Å². The Kier molecular flexibility index (Phi) is 3.83. The summed E-state index contributed by atoms with van der Waals surface area (Å²) < 4.78 is 7.58. The van der Waals surface area contributed by atoms with Gasteiger partial charge in [-0.25, -0.2) is 0 Å². The van der Waals surface area contributed by atoms with Crippen molar-refractivity contribution < 1.29 is 4.74 Å². The lowest BCUT2D eigenvalue weighted by Crippen LogP contribution is -2.32. The second-order valence-electron chi connectivity index (χ2n) is 4.78. The van der Waals surface area contributed by atoms with Gasteiger partial charge < -0.3 is 10.1 Å². The highest BCUT2D eigenvalue weighted by atomic mass is 16.5. The summed E-state index contributed by atoms with van der Waals surface area (Å²) in [5, 5.41) is 7.75. The van der Waals surface area contributed by atoms with Gasteiger partial charge in [0.15, 0.2) is 5.75 Å². The van der Waals surface area contributed by atoms with Crippen LogP contribution in [0.1, 0.15) is 26.7 Å². The molecule has 0 aliphatic carbocycles. The minimum absolute atomic E-state index is 0.217. The van der Waals surface area contributed by atoms with E-state index >= 15 is 0 Å². The standard InChI is InChI=1S/C12H21N3O/c1-10(2)16-12-7-14-15(9-12)8-11-4-3-5-13-6-11/h7,9-11,13H,3-6,8H2,1-2H3. The van der Waals surface area contributed by atoms with Crippen LogP contribution in [0.5, 0.6) is 5.75 Å². The summed E-state index contributed by atoms with van der Waals surface area (Å²) in [5.74, 6) is 1.58. The van der Waals surface area contributed by atoms with Crippen LogP contribution in [0.15, 0.2) is 12.4 Å². The lowest BCUT2D eigenvalue weighted by atomic mass is 10.00. The van der Waals surface area contributed by atoms with Crippen molar-refractivity contribution >= 4 is 0 Å². The van der Waals surface area contributed by atoms with E-state index in [2.05, 4.69) is 10.4 Å². The van der Waals surface area contributed by atoms with Gasteiger partial charge in [-0.05, 0) is 45.7 Å². The largest absolute Gasteiger partial charge is 0.488 e. The number of hydrogen-bond donors (Lipinski definition) is 1. The number of rotatable bonds is 4. The van der Waals surface area contributed by atoms with Crippen LogP contribution >= 0.6 is 0 Å². The molecule has 1 fully saturated rings. The molecule has 0 saturated carbocycles. The Morgan fingerprint density at radius 2 is 2.50 bits per heavy atom. The van der Waals surface area contributed by atoms with Gasteiger partial charge in [0.05, 0.1) is 18.5 Å². The van der Waals surface area contributed by atoms with Crippen molar-refractivity contribution in [3.63, 3.8) is 0 Å². The van der Waals surface area contributed by atoms with Gasteiger partial charge in [0.25, 0.3) is 0 Å². The van der Waals surface area contributed by atoms with Crippen LogP contribution in [0.25, 0.3) is 0 Å². The minimum Gasteiger partial charge on any atom is -0.488 e. The molecule has 1 atom stereocenters. The summed E-state index contributed by atoms with van der Waals surface area (Å²) in [6.07, 6.45) is 6.59. The predicted molar refractivity (Wildman–Crippen MR) is 63.6 cm³/mol. The molecule has 16 heavy (non-hydrogen) atoms. The van der Waals surface area contributed by atoms with Gasteiger partial charge in [-0.2, -0.15) is 5.10 Å². The van der Waals surface area contributed by atoms with E-state index in [9.17, 15) is 0 Å². The number of nitrogens with zero attached hydrogens (tertiary/aromatic N) is 2. The fourth-order valence-electron chi connectivity index (χ4n) is 2.12. The number of aromatic nitrogens is 2. The summed E-state index contributed by atoms with van der Waals surface area (Å²) in [6, 6.07) is 0. The molecule has 4 heteroatoms. The van der Waals surface area contributed by atoms with Crippen molar-refractivity contribution in [2.75, 3.05) is 13.1 Å². The summed E-state index contributed by atoms with van der Waals surface area (Å²) in [5.41, 5.74) is 0. The van der Waals surface area contributed by atoms with Crippen LogP contribution in [-0.2, 0) is 6.54 Å². The fourth-order valence-corrected chi connectivity index (χ4v) is 2.12. The van der Waals surface area contributed by atoms with Gasteiger partial charge in [0, 0.05) is 6.54 Å². The van der Waals surface area contributed by atoms with E-state index in [0.717, 1.165) is 25.4 Å². The molecule has 2 rings (SSSR count). The molecule has 90 valence electrons. The summed E-state index contributed by atoms with van der Waals surface area (Å²) in [7, 11) is 0. The van der Waals surface area contributed by atoms with Crippen molar-refractivity contribution in [2.45, 2.75) is 39.3 Å². The van der Waals surface area contributed by atoms with Crippen LogP contribution in [0.3, 0.4) is 0 Å². The molecular weight excluding hydrogens is 202 g/mol. The summed E-state index contributed by atoms with van der Waals surface area (Å²) >= 11 is 0. The fraction of sp³-hybridized carbons (Fsp3) is 0.750. The average molecular weight is 223 g/mol. The SMILES string of the molecule is CC(C)Oc1cnn(CC2CCCNC2)c1. The Labute approximate surface area is 97.0 Å². The molecular formula is C12H21N3O. The molecule has 0 spiro atoms. The quantitative estimate of drug-likeness (QED) is 0.844. The molecule has 1 aliphatic heterocycles. The van der Waals surface area contributed by atoms with Gasteiger partial charge in [-0.1, -0.05) is 0 Å². The third-order valence-electron chi connectivity index (χ3n) is 2.83. The van der Waals surface area contributed by atoms with Crippen LogP contribution in [-0.4, -0.2) is 29.0 Å². The summed E-state index contributed by atoms with van der Waals surface area (Å²) in [6.45, 7) is 7.33. The highest BCUT2D eigenvalue weighted by Crippen LogP contribution is 2.15. The van der Waals surface area contributed by atoms with Crippen LogP contribution < -0.4 is 10.1 Å². The normalized spacial score (nSPS) is 21.3. The molecule has 1 aliphatic rings. The Morgan fingerprint density at radius 1 is 1.62 bits per heavy atom. The van der Waals surface area contributed by atoms with Crippen molar-refractivity contribution in [1.82, 2.24) is 15.1 Å². The molecule has 1 aromatic heterocycles. The number of hydrogen-bond acceptors (Lipinski definition) is 3. The third-order valence-corrected chi connectivity index (χ3v) is 2.83. The lowest BCUT2D eigenvalue weighted by molar-refractivity contribution is 0.241. The number of piperidine rings is 1. The Hall–Kier alpha value is -1.03. The highest BCUT2D eigenvalue weighted by Gasteiger charge is 2.14. The predicted octanol–water partition coefficient (Wildman–Crippen LogP) is 1.67. The maximum absolute atomic E-state index is 5.59. The van der Waals surface area contributed by atoms with Crippen molar-refractivity contribution in [1.29, 1.82) is 0 Å². The zero-order valence-corrected chi connectivity index (χ0v) is 10.1. The molecule has 0 radical (unpaired) electrons. The Balaban J connectivity index is 1.86. The topological polar surface area (TPSA) is 39.1 Å². The number of ether oxygens (including phenoxy) is 1. The summed E-state index contributed by atoms with van der Waals surface area (Å²) in [4.78, 5) is 0. The second kappa shape index (κ2) is 5.34. The van der Waals surface area contributed by atoms with Gasteiger partial charge in [0.1, 0.15) is 0 Å². The van der Waals surface area contributed by atoms with Gasteiger partial charge >= 0.3 is 0 Å². The first-order valence-corrected chi connectivity index (χ1v) is 6.14. The molecule has 1 N–H and O–H groups in total. The van der Waals surface area contributed by atoms with E-state index in [4.69, 9.17) is 4.74 Å². The average Bonchev–Trinajstić information content (AvgIpc) is 2.66. The molecule has 4 nitrogen and oxygen atoms in total. The zero-order valence-electron chi connectivity index (χ0n) is 10.1. The van der Waals surface area contributed by atoms with Gasteiger partial charge in [-0.3, -0.25) is 4.68 Å². The molecule has 1 unspecified atom stereocenters. The first kappa shape index (κ1) is 11.5. The highest BCUT2D eigenvalue weighted by molar-refractivity contribution is 5.11. The first-order chi connectivity index (χ1) is 7.74. The van der Waals surface area contributed by atoms with E-state index in [1.54, 1.807) is 6.20 Å². The third kappa shape index (κ3) is 3.23. The Morgan fingerprint density at radius 3 is 3.19 bits per heavy atom. The van der Waals surface area contributed by atoms with Gasteiger partial charge in [0.2, 0.25) is 0 Å². The molecule has 0 amide bonds. The molecule has 0 bridgehead atoms. The maximum Gasteiger partial charge on any atom is 0.157 e. The maximum atomic E-state index is 5.59. The van der Waals surface area contributed by atoms with Crippen molar-refractivity contribution in [2.24, 2.45) is 5.92 Å². The van der Waals surface area contributed by atoms with Gasteiger partial charge in [-0.15, -0.1) is 0 Å². The molecule has 1 saturated heterocycles. The van der Waals surface area contributed by atoms with Crippen LogP contribution in [0, 0.1) is 5.92 Å². The molecule has 2 heterocycles. The number of nitrogens with one attached hydrogen (secondary N) is 1. The van der Waals surface area contributed by atoms with Crippen LogP contribution in [0.2, 0.25) is 0 Å². The van der Waals surface area contributed by atoms with E-state index in [1.807, 2.05) is 24.7 Å². The molecule has 0 aromatic carbocycles. The van der Waals surface area contributed by atoms with E-state index in [1.165, 1.54) is 12.8 Å². The van der Waals surface area contributed by atoms with Crippen molar-refractivity contribution in [3.05, 3.63) is 12.4 Å². The zero-order chi connectivity index (χ0) is 11.4. The Bertz CT molecular complexity index is 316.